The fourth-order valence-corrected chi connectivity index (χ4v) is 3.77. The summed E-state index contributed by atoms with van der Waals surface area (Å²) in [6.45, 7) is 3.67. The van der Waals surface area contributed by atoms with Crippen molar-refractivity contribution in [2.75, 3.05) is 18.4 Å². The third kappa shape index (κ3) is 4.06. The summed E-state index contributed by atoms with van der Waals surface area (Å²) < 4.78 is 0. The van der Waals surface area contributed by atoms with Crippen molar-refractivity contribution in [3.05, 3.63) is 34.7 Å². The Bertz CT molecular complexity index is 706. The van der Waals surface area contributed by atoms with Gasteiger partial charge in [0.25, 0.3) is 0 Å². The van der Waals surface area contributed by atoms with Crippen LogP contribution in [0.3, 0.4) is 0 Å². The predicted molar refractivity (Wildman–Crippen MR) is 97.0 cm³/mol. The summed E-state index contributed by atoms with van der Waals surface area (Å²) in [4.78, 5) is 19.2. The van der Waals surface area contributed by atoms with E-state index >= 15 is 0 Å². The Morgan fingerprint density at radius 1 is 1.25 bits per heavy atom. The molecule has 1 aliphatic heterocycles. The number of nitrogens with one attached hydrogen (secondary N) is 1. The van der Waals surface area contributed by atoms with E-state index in [0.29, 0.717) is 10.0 Å². The van der Waals surface area contributed by atoms with Crippen LogP contribution in [0.15, 0.2) is 24.3 Å². The lowest BCUT2D eigenvalue weighted by atomic mass is 10.2. The van der Waals surface area contributed by atoms with Crippen molar-refractivity contribution >= 4 is 28.1 Å². The van der Waals surface area contributed by atoms with Crippen LogP contribution in [0.25, 0.3) is 0 Å². The molecule has 0 unspecified atom stereocenters. The highest BCUT2D eigenvalue weighted by Crippen LogP contribution is 2.31. The maximum Gasteiger partial charge on any atom is 0.228 e. The Hall–Kier alpha value is -2.08. The van der Waals surface area contributed by atoms with Gasteiger partial charge in [-0.25, -0.2) is 0 Å². The number of aromatic nitrogens is 1. The molecule has 24 heavy (non-hydrogen) atoms. The van der Waals surface area contributed by atoms with Gasteiger partial charge in [0.2, 0.25) is 11.8 Å². The molecule has 0 saturated carbocycles. The molecule has 3 rings (SSSR count). The van der Waals surface area contributed by atoms with E-state index < -0.39 is 0 Å². The Labute approximate surface area is 146 Å². The van der Waals surface area contributed by atoms with Gasteiger partial charge in [0, 0.05) is 18.8 Å². The molecule has 0 spiro atoms. The van der Waals surface area contributed by atoms with Gasteiger partial charge in [-0.2, -0.15) is 4.98 Å². The highest BCUT2D eigenvalue weighted by Gasteiger charge is 2.20. The minimum absolute atomic E-state index is 0.0424. The fraction of sp³-hybridized carbons (Fsp3) is 0.444. The first-order valence-corrected chi connectivity index (χ1v) is 9.24. The number of carbonyl (C=O) groups is 1. The van der Waals surface area contributed by atoms with Gasteiger partial charge in [0.1, 0.15) is 0 Å². The lowest BCUT2D eigenvalue weighted by Gasteiger charge is -2.19. The number of para-hydroxylation sites is 1. The SMILES string of the molecule is Cc1ccccc1Nc1nc(O)c(CC(=O)N2CCCCCC2)s1. The van der Waals surface area contributed by atoms with Gasteiger partial charge >= 0.3 is 0 Å². The fourth-order valence-electron chi connectivity index (χ4n) is 2.91. The second-order valence-electron chi connectivity index (χ2n) is 6.18. The van der Waals surface area contributed by atoms with Crippen LogP contribution in [0.5, 0.6) is 5.88 Å². The van der Waals surface area contributed by atoms with Gasteiger partial charge < -0.3 is 15.3 Å². The molecule has 1 fully saturated rings. The van der Waals surface area contributed by atoms with Crippen LogP contribution in [-0.2, 0) is 11.2 Å². The van der Waals surface area contributed by atoms with E-state index in [1.807, 2.05) is 36.1 Å². The molecule has 0 aliphatic carbocycles. The second-order valence-corrected chi connectivity index (χ2v) is 7.26. The number of thiazole rings is 1. The van der Waals surface area contributed by atoms with Gasteiger partial charge in [-0.3, -0.25) is 4.79 Å². The smallest absolute Gasteiger partial charge is 0.228 e. The summed E-state index contributed by atoms with van der Waals surface area (Å²) in [7, 11) is 0. The summed E-state index contributed by atoms with van der Waals surface area (Å²) in [6, 6.07) is 7.91. The topological polar surface area (TPSA) is 65.5 Å². The molecule has 2 aromatic rings. The maximum atomic E-state index is 12.5. The number of nitrogens with zero attached hydrogens (tertiary/aromatic N) is 2. The third-order valence-electron chi connectivity index (χ3n) is 4.33. The average molecular weight is 345 g/mol. The van der Waals surface area contributed by atoms with E-state index in [1.165, 1.54) is 24.2 Å². The van der Waals surface area contributed by atoms with Gasteiger partial charge in [-0.05, 0) is 31.4 Å². The molecule has 128 valence electrons. The summed E-state index contributed by atoms with van der Waals surface area (Å²) >= 11 is 1.34. The van der Waals surface area contributed by atoms with Crippen LogP contribution < -0.4 is 5.32 Å². The van der Waals surface area contributed by atoms with Crippen LogP contribution >= 0.6 is 11.3 Å². The van der Waals surface area contributed by atoms with Crippen molar-refractivity contribution in [2.24, 2.45) is 0 Å². The number of aryl methyl sites for hydroxylation is 1. The highest BCUT2D eigenvalue weighted by molar-refractivity contribution is 7.16. The third-order valence-corrected chi connectivity index (χ3v) is 5.29. The van der Waals surface area contributed by atoms with Gasteiger partial charge in [0.15, 0.2) is 5.13 Å². The lowest BCUT2D eigenvalue weighted by molar-refractivity contribution is -0.130. The van der Waals surface area contributed by atoms with Gasteiger partial charge in [-0.1, -0.05) is 42.4 Å². The summed E-state index contributed by atoms with van der Waals surface area (Å²) in [5.74, 6) is 0.0394. The molecular formula is C18H23N3O2S. The zero-order valence-electron chi connectivity index (χ0n) is 13.9. The van der Waals surface area contributed by atoms with Crippen molar-refractivity contribution < 1.29 is 9.90 Å². The molecule has 1 saturated heterocycles. The number of amides is 1. The van der Waals surface area contributed by atoms with E-state index in [4.69, 9.17) is 0 Å². The number of carbonyl (C=O) groups excluding carboxylic acids is 1. The second kappa shape index (κ2) is 7.66. The largest absolute Gasteiger partial charge is 0.492 e. The predicted octanol–water partition coefficient (Wildman–Crippen LogP) is 3.85. The molecule has 2 N–H and O–H groups in total. The van der Waals surface area contributed by atoms with Crippen molar-refractivity contribution in [2.45, 2.75) is 39.0 Å². The standard InChI is InChI=1S/C18H23N3O2S/c1-13-8-4-5-9-14(13)19-18-20-17(23)15(24-18)12-16(22)21-10-6-2-3-7-11-21/h4-5,8-9,23H,2-3,6-7,10-12H2,1H3,(H,19,20). The van der Waals surface area contributed by atoms with Crippen LogP contribution in [-0.4, -0.2) is 34.0 Å². The normalized spacial score (nSPS) is 15.1. The van der Waals surface area contributed by atoms with Crippen molar-refractivity contribution in [1.29, 1.82) is 0 Å². The summed E-state index contributed by atoms with van der Waals surface area (Å²) in [5, 5.41) is 13.9. The minimum atomic E-state index is -0.0424. The van der Waals surface area contributed by atoms with Crippen LogP contribution in [0.2, 0.25) is 0 Å². The Kier molecular flexibility index (Phi) is 5.35. The van der Waals surface area contributed by atoms with Crippen molar-refractivity contribution in [3.63, 3.8) is 0 Å². The maximum absolute atomic E-state index is 12.5. The Balaban J connectivity index is 1.67. The number of likely N-dealkylation sites (tertiary alicyclic amines) is 1. The van der Waals surface area contributed by atoms with Crippen LogP contribution in [0.4, 0.5) is 10.8 Å². The first kappa shape index (κ1) is 16.8. The zero-order chi connectivity index (χ0) is 16.9. The molecule has 0 radical (unpaired) electrons. The molecule has 5 nitrogen and oxygen atoms in total. The zero-order valence-corrected chi connectivity index (χ0v) is 14.7. The van der Waals surface area contributed by atoms with Crippen LogP contribution in [0, 0.1) is 6.92 Å². The molecule has 2 heterocycles. The number of hydrogen-bond donors (Lipinski definition) is 2. The molecule has 1 aromatic heterocycles. The molecule has 1 aliphatic rings. The summed E-state index contributed by atoms with van der Waals surface area (Å²) in [5.41, 5.74) is 2.06. The molecule has 6 heteroatoms. The number of aromatic hydroxyl groups is 1. The van der Waals surface area contributed by atoms with Crippen molar-refractivity contribution in [1.82, 2.24) is 9.88 Å². The molecule has 1 aromatic carbocycles. The lowest BCUT2D eigenvalue weighted by Crippen LogP contribution is -2.32. The molecular weight excluding hydrogens is 322 g/mol. The summed E-state index contributed by atoms with van der Waals surface area (Å²) in [6.07, 6.45) is 4.75. The quantitative estimate of drug-likeness (QED) is 0.883. The molecule has 1 amide bonds. The van der Waals surface area contributed by atoms with Gasteiger partial charge in [-0.15, -0.1) is 0 Å². The Morgan fingerprint density at radius 3 is 2.67 bits per heavy atom. The minimum Gasteiger partial charge on any atom is -0.492 e. The van der Waals surface area contributed by atoms with Crippen molar-refractivity contribution in [3.8, 4) is 5.88 Å². The number of benzene rings is 1. The number of hydrogen-bond acceptors (Lipinski definition) is 5. The van der Waals surface area contributed by atoms with E-state index in [9.17, 15) is 9.90 Å². The highest BCUT2D eigenvalue weighted by atomic mass is 32.1. The monoisotopic (exact) mass is 345 g/mol. The number of rotatable bonds is 4. The molecule has 0 atom stereocenters. The first-order chi connectivity index (χ1) is 11.6. The first-order valence-electron chi connectivity index (χ1n) is 8.42. The van der Waals surface area contributed by atoms with Crippen LogP contribution in [0.1, 0.15) is 36.1 Å². The van der Waals surface area contributed by atoms with Gasteiger partial charge in [0.05, 0.1) is 11.3 Å². The Morgan fingerprint density at radius 2 is 1.96 bits per heavy atom. The number of anilines is 2. The van der Waals surface area contributed by atoms with E-state index in [0.717, 1.165) is 37.2 Å². The molecule has 0 bridgehead atoms. The van der Waals surface area contributed by atoms with E-state index in [-0.39, 0.29) is 18.2 Å². The van der Waals surface area contributed by atoms with E-state index in [1.54, 1.807) is 0 Å². The average Bonchev–Trinajstić information content (AvgIpc) is 2.78. The van der Waals surface area contributed by atoms with E-state index in [2.05, 4.69) is 10.3 Å².